The smallest absolute Gasteiger partial charge is 0.251 e. The Morgan fingerprint density at radius 1 is 1.17 bits per heavy atom. The van der Waals surface area contributed by atoms with E-state index in [4.69, 9.17) is 0 Å². The Labute approximate surface area is 177 Å². The van der Waals surface area contributed by atoms with Crippen molar-refractivity contribution in [2.24, 2.45) is 0 Å². The summed E-state index contributed by atoms with van der Waals surface area (Å²) in [4.78, 5) is 21.4. The highest BCUT2D eigenvalue weighted by molar-refractivity contribution is 7.99. The third kappa shape index (κ3) is 5.24. The molecule has 0 aliphatic heterocycles. The zero-order valence-corrected chi connectivity index (χ0v) is 18.1. The fourth-order valence-corrected chi connectivity index (χ4v) is 3.47. The summed E-state index contributed by atoms with van der Waals surface area (Å²) >= 11 is 1.56. The first kappa shape index (κ1) is 21.9. The van der Waals surface area contributed by atoms with Gasteiger partial charge >= 0.3 is 0 Å². The first-order valence-electron chi connectivity index (χ1n) is 9.64. The highest BCUT2D eigenvalue weighted by Gasteiger charge is 2.15. The molecule has 0 unspecified atom stereocenters. The van der Waals surface area contributed by atoms with Crippen LogP contribution in [-0.4, -0.2) is 43.5 Å². The van der Waals surface area contributed by atoms with Crippen molar-refractivity contribution in [1.29, 1.82) is 0 Å². The Hall–Kier alpha value is -2.75. The van der Waals surface area contributed by atoms with Crippen molar-refractivity contribution in [2.75, 3.05) is 11.9 Å². The van der Waals surface area contributed by atoms with E-state index < -0.39 is 17.5 Å². The maximum atomic E-state index is 13.3. The van der Waals surface area contributed by atoms with Crippen LogP contribution in [0.4, 0.5) is 14.6 Å². The Balaban J connectivity index is 1.76. The summed E-state index contributed by atoms with van der Waals surface area (Å²) in [5, 5.41) is 12.2. The van der Waals surface area contributed by atoms with Crippen LogP contribution in [0.15, 0.2) is 29.6 Å². The van der Waals surface area contributed by atoms with Crippen molar-refractivity contribution in [2.45, 2.75) is 50.7 Å². The van der Waals surface area contributed by atoms with Crippen LogP contribution in [0.2, 0.25) is 0 Å². The van der Waals surface area contributed by atoms with Crippen molar-refractivity contribution in [1.82, 2.24) is 25.1 Å². The van der Waals surface area contributed by atoms with E-state index in [2.05, 4.69) is 39.5 Å². The summed E-state index contributed by atoms with van der Waals surface area (Å²) in [6, 6.07) is 3.24. The molecule has 0 fully saturated rings. The quantitative estimate of drug-likeness (QED) is 0.414. The van der Waals surface area contributed by atoms with Gasteiger partial charge in [-0.05, 0) is 32.0 Å². The van der Waals surface area contributed by atoms with Crippen LogP contribution in [0, 0.1) is 11.6 Å². The molecule has 1 aromatic carbocycles. The zero-order chi connectivity index (χ0) is 21.8. The van der Waals surface area contributed by atoms with Crippen LogP contribution >= 0.6 is 11.8 Å². The molecule has 3 rings (SSSR count). The van der Waals surface area contributed by atoms with Gasteiger partial charge in [-0.3, -0.25) is 4.79 Å². The van der Waals surface area contributed by atoms with E-state index in [-0.39, 0.29) is 18.2 Å². The molecule has 7 nitrogen and oxygen atoms in total. The number of aromatic nitrogens is 4. The third-order valence-electron chi connectivity index (χ3n) is 4.03. The number of nitrogens with one attached hydrogen (secondary N) is 2. The fourth-order valence-electron chi connectivity index (χ4n) is 2.76. The van der Waals surface area contributed by atoms with E-state index in [0.717, 1.165) is 23.3 Å². The summed E-state index contributed by atoms with van der Waals surface area (Å²) in [6.07, 6.45) is 1.70. The number of carbonyl (C=O) groups excluding carboxylic acids is 1. The van der Waals surface area contributed by atoms with Crippen LogP contribution < -0.4 is 10.6 Å². The minimum absolute atomic E-state index is 0.0561. The molecular weight excluding hydrogens is 410 g/mol. The van der Waals surface area contributed by atoms with Gasteiger partial charge in [0.25, 0.3) is 5.91 Å². The van der Waals surface area contributed by atoms with Crippen molar-refractivity contribution < 1.29 is 13.6 Å². The number of hydrogen-bond donors (Lipinski definition) is 2. The molecule has 30 heavy (non-hydrogen) atoms. The molecule has 0 radical (unpaired) electrons. The second-order valence-corrected chi connectivity index (χ2v) is 8.85. The van der Waals surface area contributed by atoms with Gasteiger partial charge < -0.3 is 10.6 Å². The van der Waals surface area contributed by atoms with E-state index in [1.165, 1.54) is 6.07 Å². The lowest BCUT2D eigenvalue weighted by molar-refractivity contribution is 0.0951. The van der Waals surface area contributed by atoms with Crippen molar-refractivity contribution in [3.63, 3.8) is 0 Å². The number of amides is 1. The van der Waals surface area contributed by atoms with Gasteiger partial charge in [0.15, 0.2) is 22.4 Å². The minimum Gasteiger partial charge on any atom is -0.367 e. The molecule has 0 spiro atoms. The predicted molar refractivity (Wildman–Crippen MR) is 114 cm³/mol. The van der Waals surface area contributed by atoms with Gasteiger partial charge in [-0.15, -0.1) is 0 Å². The van der Waals surface area contributed by atoms with Gasteiger partial charge in [0.1, 0.15) is 5.82 Å². The van der Waals surface area contributed by atoms with Crippen LogP contribution in [0.3, 0.4) is 0 Å². The summed E-state index contributed by atoms with van der Waals surface area (Å²) in [6.45, 7) is 8.81. The minimum atomic E-state index is -1.06. The van der Waals surface area contributed by atoms with E-state index in [9.17, 15) is 13.6 Å². The van der Waals surface area contributed by atoms with E-state index in [1.807, 2.05) is 13.8 Å². The second kappa shape index (κ2) is 9.38. The van der Waals surface area contributed by atoms with Gasteiger partial charge in [-0.1, -0.05) is 25.6 Å². The zero-order valence-electron chi connectivity index (χ0n) is 17.2. The number of anilines is 1. The number of benzene rings is 1. The van der Waals surface area contributed by atoms with Gasteiger partial charge in [0.2, 0.25) is 0 Å². The van der Waals surface area contributed by atoms with Gasteiger partial charge in [-0.2, -0.15) is 5.10 Å². The van der Waals surface area contributed by atoms with Gasteiger partial charge in [-0.25, -0.2) is 23.4 Å². The number of halogens is 2. The highest BCUT2D eigenvalue weighted by atomic mass is 32.2. The highest BCUT2D eigenvalue weighted by Crippen LogP contribution is 2.26. The van der Waals surface area contributed by atoms with Crippen LogP contribution in [0.1, 0.15) is 38.1 Å². The molecule has 160 valence electrons. The average Bonchev–Trinajstić information content (AvgIpc) is 3.06. The Kier molecular flexibility index (Phi) is 6.86. The fraction of sp³-hybridized carbons (Fsp3) is 0.400. The number of rotatable bonds is 8. The largest absolute Gasteiger partial charge is 0.367 e. The number of fused-ring (bicyclic) bond motifs is 1. The molecule has 10 heteroatoms. The molecule has 0 aliphatic carbocycles. The van der Waals surface area contributed by atoms with E-state index in [0.29, 0.717) is 22.6 Å². The molecule has 0 aliphatic rings. The standard InChI is InChI=1S/C20H24F2N6OS/c1-11(2)25-17-14-10-24-28(18(14)27-20(26-17)30-12(3)4)8-7-23-19(29)13-5-6-15(21)16(22)9-13/h5-6,9-12H,7-8H2,1-4H3,(H,23,29)(H,25,26,27). The maximum absolute atomic E-state index is 13.3. The lowest BCUT2D eigenvalue weighted by Gasteiger charge is -2.12. The molecule has 2 heterocycles. The lowest BCUT2D eigenvalue weighted by Crippen LogP contribution is -2.27. The molecule has 2 N–H and O–H groups in total. The molecule has 3 aromatic rings. The molecule has 0 saturated carbocycles. The SMILES string of the molecule is CC(C)Nc1nc(SC(C)C)nc2c1cnn2CCNC(=O)c1ccc(F)c(F)c1. The van der Waals surface area contributed by atoms with Gasteiger partial charge in [0.05, 0.1) is 18.1 Å². The first-order valence-corrected chi connectivity index (χ1v) is 10.5. The van der Waals surface area contributed by atoms with E-state index >= 15 is 0 Å². The predicted octanol–water partition coefficient (Wildman–Crippen LogP) is 3.86. The summed E-state index contributed by atoms with van der Waals surface area (Å²) in [5.41, 5.74) is 0.721. The summed E-state index contributed by atoms with van der Waals surface area (Å²) < 4.78 is 28.1. The maximum Gasteiger partial charge on any atom is 0.251 e. The Morgan fingerprint density at radius 2 is 1.93 bits per heavy atom. The van der Waals surface area contributed by atoms with Crippen molar-refractivity contribution >= 4 is 34.5 Å². The Morgan fingerprint density at radius 3 is 2.60 bits per heavy atom. The first-order chi connectivity index (χ1) is 14.2. The van der Waals surface area contributed by atoms with E-state index in [1.54, 1.807) is 22.6 Å². The van der Waals surface area contributed by atoms with Crippen LogP contribution in [0.25, 0.3) is 11.0 Å². The number of carbonyl (C=O) groups is 1. The monoisotopic (exact) mass is 434 g/mol. The normalized spacial score (nSPS) is 11.5. The van der Waals surface area contributed by atoms with Crippen molar-refractivity contribution in [3.8, 4) is 0 Å². The summed E-state index contributed by atoms with van der Waals surface area (Å²) in [5.74, 6) is -1.82. The molecule has 0 atom stereocenters. The molecule has 0 bridgehead atoms. The number of nitrogens with zero attached hydrogens (tertiary/aromatic N) is 4. The van der Waals surface area contributed by atoms with Crippen LogP contribution in [0.5, 0.6) is 0 Å². The third-order valence-corrected chi connectivity index (χ3v) is 4.90. The topological polar surface area (TPSA) is 84.7 Å². The van der Waals surface area contributed by atoms with Gasteiger partial charge in [0, 0.05) is 23.4 Å². The number of thioether (sulfide) groups is 1. The molecule has 2 aromatic heterocycles. The number of hydrogen-bond acceptors (Lipinski definition) is 6. The molecule has 0 saturated heterocycles. The average molecular weight is 435 g/mol. The Bertz CT molecular complexity index is 1050. The second-order valence-electron chi connectivity index (χ2n) is 7.31. The van der Waals surface area contributed by atoms with Crippen molar-refractivity contribution in [3.05, 3.63) is 41.6 Å². The summed E-state index contributed by atoms with van der Waals surface area (Å²) in [7, 11) is 0. The van der Waals surface area contributed by atoms with Crippen LogP contribution in [-0.2, 0) is 6.54 Å². The molecular formula is C20H24F2N6OS. The lowest BCUT2D eigenvalue weighted by atomic mass is 10.2. The molecule has 1 amide bonds.